The predicted octanol–water partition coefficient (Wildman–Crippen LogP) is 4.08. The van der Waals surface area contributed by atoms with Crippen LogP contribution in [0, 0.1) is 0 Å². The van der Waals surface area contributed by atoms with Gasteiger partial charge in [0.05, 0.1) is 5.56 Å². The summed E-state index contributed by atoms with van der Waals surface area (Å²) in [7, 11) is 0. The van der Waals surface area contributed by atoms with E-state index < -0.39 is 5.92 Å². The van der Waals surface area contributed by atoms with Gasteiger partial charge in [-0.2, -0.15) is 0 Å². The lowest BCUT2D eigenvalue weighted by atomic mass is 9.88. The summed E-state index contributed by atoms with van der Waals surface area (Å²) in [5.74, 6) is -0.446. The molecule has 0 fully saturated rings. The van der Waals surface area contributed by atoms with Gasteiger partial charge in [0.25, 0.3) is 0 Å². The van der Waals surface area contributed by atoms with Crippen LogP contribution < -0.4 is 5.43 Å². The normalized spacial score (nSPS) is 12.2. The number of benzene rings is 2. The van der Waals surface area contributed by atoms with Gasteiger partial charge in [0.15, 0.2) is 10.5 Å². The van der Waals surface area contributed by atoms with Gasteiger partial charge in [-0.3, -0.25) is 9.59 Å². The second kappa shape index (κ2) is 6.34. The molecule has 0 saturated carbocycles. The Morgan fingerprint density at radius 1 is 1.09 bits per heavy atom. The Kier molecular flexibility index (Phi) is 4.26. The largest absolute Gasteiger partial charge is 0.499 e. The third kappa shape index (κ3) is 3.03. The molecular formula is C19H16O3S. The second-order valence-electron chi connectivity index (χ2n) is 5.52. The standard InChI is InChI=1S/C19H16O3S/c1-12(20)11-15(13-7-3-2-4-8-13)17-18(21)14-9-5-6-10-16(14)23-19(17)22/h2-10,15,22H,11H2,1H3/t15-/m0/s1. The molecule has 0 aliphatic rings. The Labute approximate surface area is 137 Å². The monoisotopic (exact) mass is 324 g/mol. The third-order valence-corrected chi connectivity index (χ3v) is 4.84. The van der Waals surface area contributed by atoms with E-state index in [9.17, 15) is 14.7 Å². The van der Waals surface area contributed by atoms with Gasteiger partial charge in [-0.05, 0) is 24.6 Å². The Bertz CT molecular complexity index is 913. The highest BCUT2D eigenvalue weighted by atomic mass is 32.1. The van der Waals surface area contributed by atoms with Gasteiger partial charge in [0.2, 0.25) is 0 Å². The van der Waals surface area contributed by atoms with Crippen LogP contribution in [-0.2, 0) is 4.79 Å². The summed E-state index contributed by atoms with van der Waals surface area (Å²) < 4.78 is 0.744. The van der Waals surface area contributed by atoms with Gasteiger partial charge >= 0.3 is 0 Å². The van der Waals surface area contributed by atoms with E-state index in [1.807, 2.05) is 42.5 Å². The molecule has 0 amide bonds. The van der Waals surface area contributed by atoms with Crippen molar-refractivity contribution < 1.29 is 9.90 Å². The van der Waals surface area contributed by atoms with Crippen LogP contribution in [0.3, 0.4) is 0 Å². The maximum Gasteiger partial charge on any atom is 0.195 e. The molecule has 4 heteroatoms. The zero-order valence-electron chi connectivity index (χ0n) is 12.7. The first-order chi connectivity index (χ1) is 11.1. The number of carbonyl (C=O) groups is 1. The first-order valence-electron chi connectivity index (χ1n) is 7.37. The summed E-state index contributed by atoms with van der Waals surface area (Å²) in [6.45, 7) is 1.50. The van der Waals surface area contributed by atoms with Gasteiger partial charge in [-0.15, -0.1) is 0 Å². The molecule has 1 atom stereocenters. The van der Waals surface area contributed by atoms with Crippen LogP contribution in [0.25, 0.3) is 10.1 Å². The fourth-order valence-corrected chi connectivity index (χ4v) is 3.78. The molecule has 1 N–H and O–H groups in total. The molecule has 2 aromatic carbocycles. The van der Waals surface area contributed by atoms with E-state index in [-0.39, 0.29) is 22.7 Å². The van der Waals surface area contributed by atoms with Crippen molar-refractivity contribution in [1.82, 2.24) is 0 Å². The van der Waals surface area contributed by atoms with E-state index in [0.29, 0.717) is 10.9 Å². The van der Waals surface area contributed by atoms with E-state index in [0.717, 1.165) is 10.3 Å². The topological polar surface area (TPSA) is 54.4 Å². The number of Topliss-reactive ketones (excluding diaryl/α,β-unsaturated/α-hetero) is 1. The maximum absolute atomic E-state index is 12.9. The molecule has 0 aliphatic carbocycles. The molecule has 3 nitrogen and oxygen atoms in total. The summed E-state index contributed by atoms with van der Waals surface area (Å²) >= 11 is 1.18. The van der Waals surface area contributed by atoms with Crippen molar-refractivity contribution in [1.29, 1.82) is 0 Å². The molecular weight excluding hydrogens is 308 g/mol. The molecule has 0 aliphatic heterocycles. The molecule has 0 saturated heterocycles. The van der Waals surface area contributed by atoms with Crippen LogP contribution in [0.4, 0.5) is 0 Å². The molecule has 0 unspecified atom stereocenters. The van der Waals surface area contributed by atoms with E-state index >= 15 is 0 Å². The lowest BCUT2D eigenvalue weighted by molar-refractivity contribution is -0.117. The Balaban J connectivity index is 2.26. The number of ketones is 1. The number of carbonyl (C=O) groups excluding carboxylic acids is 1. The van der Waals surface area contributed by atoms with Crippen molar-refractivity contribution in [3.05, 3.63) is 75.9 Å². The number of aromatic hydroxyl groups is 1. The summed E-state index contributed by atoms with van der Waals surface area (Å²) in [6, 6.07) is 16.6. The van der Waals surface area contributed by atoms with Gasteiger partial charge < -0.3 is 5.11 Å². The number of hydrogen-bond acceptors (Lipinski definition) is 4. The van der Waals surface area contributed by atoms with Gasteiger partial charge in [-0.25, -0.2) is 0 Å². The Morgan fingerprint density at radius 2 is 1.74 bits per heavy atom. The zero-order valence-corrected chi connectivity index (χ0v) is 13.5. The summed E-state index contributed by atoms with van der Waals surface area (Å²) in [6.07, 6.45) is 0.192. The Morgan fingerprint density at radius 3 is 2.43 bits per heavy atom. The third-order valence-electron chi connectivity index (χ3n) is 3.86. The molecule has 1 heterocycles. The van der Waals surface area contributed by atoms with E-state index in [4.69, 9.17) is 0 Å². The van der Waals surface area contributed by atoms with Crippen LogP contribution >= 0.6 is 11.3 Å². The number of rotatable bonds is 4. The van der Waals surface area contributed by atoms with Crippen molar-refractivity contribution in [3.63, 3.8) is 0 Å². The molecule has 116 valence electrons. The quantitative estimate of drug-likeness (QED) is 0.787. The fourth-order valence-electron chi connectivity index (χ4n) is 2.81. The molecule has 0 radical (unpaired) electrons. The first kappa shape index (κ1) is 15.4. The number of hydrogen-bond donors (Lipinski definition) is 1. The minimum atomic E-state index is -0.429. The van der Waals surface area contributed by atoms with E-state index in [2.05, 4.69) is 0 Å². The molecule has 1 aromatic heterocycles. The van der Waals surface area contributed by atoms with Crippen LogP contribution in [0.2, 0.25) is 0 Å². The number of fused-ring (bicyclic) bond motifs is 1. The van der Waals surface area contributed by atoms with Crippen molar-refractivity contribution in [2.45, 2.75) is 19.3 Å². The van der Waals surface area contributed by atoms with Gasteiger partial charge in [-0.1, -0.05) is 53.8 Å². The minimum absolute atomic E-state index is 0.0104. The van der Waals surface area contributed by atoms with Crippen molar-refractivity contribution >= 4 is 27.2 Å². The van der Waals surface area contributed by atoms with Crippen molar-refractivity contribution in [2.75, 3.05) is 0 Å². The zero-order chi connectivity index (χ0) is 16.4. The predicted molar refractivity (Wildman–Crippen MR) is 93.3 cm³/mol. The fraction of sp³-hybridized carbons (Fsp3) is 0.158. The first-order valence-corrected chi connectivity index (χ1v) is 8.18. The van der Waals surface area contributed by atoms with E-state index in [1.165, 1.54) is 18.3 Å². The molecule has 3 rings (SSSR count). The smallest absolute Gasteiger partial charge is 0.195 e. The van der Waals surface area contributed by atoms with Crippen molar-refractivity contribution in [3.8, 4) is 5.06 Å². The summed E-state index contributed by atoms with van der Waals surface area (Å²) in [5, 5.41) is 11.0. The average molecular weight is 324 g/mol. The van der Waals surface area contributed by atoms with Crippen LogP contribution in [0.5, 0.6) is 5.06 Å². The Hall–Kier alpha value is -2.46. The summed E-state index contributed by atoms with van der Waals surface area (Å²) in [5.41, 5.74) is 0.972. The van der Waals surface area contributed by atoms with Crippen LogP contribution in [-0.4, -0.2) is 10.9 Å². The molecule has 0 spiro atoms. The van der Waals surface area contributed by atoms with Crippen LogP contribution in [0.1, 0.15) is 30.4 Å². The van der Waals surface area contributed by atoms with Crippen LogP contribution in [0.15, 0.2) is 59.4 Å². The molecule has 3 aromatic rings. The van der Waals surface area contributed by atoms with Gasteiger partial charge in [0, 0.05) is 22.4 Å². The van der Waals surface area contributed by atoms with E-state index in [1.54, 1.807) is 12.1 Å². The highest BCUT2D eigenvalue weighted by Crippen LogP contribution is 2.36. The SMILES string of the molecule is CC(=O)C[C@@H](c1ccccc1)c1c(O)sc2ccccc2c1=O. The minimum Gasteiger partial charge on any atom is -0.499 e. The molecule has 0 bridgehead atoms. The van der Waals surface area contributed by atoms with Gasteiger partial charge in [0.1, 0.15) is 5.78 Å². The lowest BCUT2D eigenvalue weighted by Crippen LogP contribution is -2.16. The maximum atomic E-state index is 12.9. The summed E-state index contributed by atoms with van der Waals surface area (Å²) in [4.78, 5) is 24.6. The molecule has 23 heavy (non-hydrogen) atoms. The lowest BCUT2D eigenvalue weighted by Gasteiger charge is -2.17. The van der Waals surface area contributed by atoms with Crippen molar-refractivity contribution in [2.24, 2.45) is 0 Å². The second-order valence-corrected chi connectivity index (χ2v) is 6.55. The average Bonchev–Trinajstić information content (AvgIpc) is 2.54. The highest BCUT2D eigenvalue weighted by Gasteiger charge is 2.24. The highest BCUT2D eigenvalue weighted by molar-refractivity contribution is 7.20.